The topological polar surface area (TPSA) is 20.3 Å². The van der Waals surface area contributed by atoms with Gasteiger partial charge in [-0.05, 0) is 48.4 Å². The summed E-state index contributed by atoms with van der Waals surface area (Å²) in [6.45, 7) is 6.26. The van der Waals surface area contributed by atoms with Crippen LogP contribution in [-0.2, 0) is 11.2 Å². The lowest BCUT2D eigenvalue weighted by Crippen LogP contribution is -2.40. The van der Waals surface area contributed by atoms with Crippen molar-refractivity contribution in [1.82, 2.24) is 4.90 Å². The molecule has 1 aliphatic rings. The predicted molar refractivity (Wildman–Crippen MR) is 84.3 cm³/mol. The molecule has 1 heterocycles. The van der Waals surface area contributed by atoms with Gasteiger partial charge in [-0.3, -0.25) is 4.79 Å². The molecule has 20 heavy (non-hydrogen) atoms. The van der Waals surface area contributed by atoms with Crippen molar-refractivity contribution in [3.63, 3.8) is 0 Å². The first-order valence-corrected chi connectivity index (χ1v) is 7.94. The molecule has 110 valence electrons. The Hall–Kier alpha value is -0.730. The van der Waals surface area contributed by atoms with E-state index in [2.05, 4.69) is 13.8 Å². The van der Waals surface area contributed by atoms with Gasteiger partial charge in [-0.1, -0.05) is 37.0 Å². The van der Waals surface area contributed by atoms with Crippen molar-refractivity contribution in [2.45, 2.75) is 33.1 Å². The second-order valence-electron chi connectivity index (χ2n) is 5.92. The molecule has 0 aromatic heterocycles. The lowest BCUT2D eigenvalue weighted by Gasteiger charge is -2.34. The monoisotopic (exact) mass is 313 g/mol. The van der Waals surface area contributed by atoms with E-state index in [0.717, 1.165) is 37.4 Å². The Balaban J connectivity index is 1.92. The molecular formula is C16H21Cl2NO. The second kappa shape index (κ2) is 6.82. The molecule has 1 aliphatic heterocycles. The van der Waals surface area contributed by atoms with Gasteiger partial charge in [0.25, 0.3) is 0 Å². The van der Waals surface area contributed by atoms with Crippen LogP contribution in [0.1, 0.15) is 32.3 Å². The van der Waals surface area contributed by atoms with Gasteiger partial charge < -0.3 is 4.90 Å². The van der Waals surface area contributed by atoms with Gasteiger partial charge in [0.15, 0.2) is 0 Å². The van der Waals surface area contributed by atoms with E-state index in [0.29, 0.717) is 22.4 Å². The van der Waals surface area contributed by atoms with E-state index in [-0.39, 0.29) is 5.91 Å². The minimum atomic E-state index is 0.172. The highest BCUT2D eigenvalue weighted by Gasteiger charge is 2.24. The molecule has 2 rings (SSSR count). The van der Waals surface area contributed by atoms with Gasteiger partial charge in [0.1, 0.15) is 0 Å². The number of halogens is 2. The maximum absolute atomic E-state index is 12.3. The molecule has 0 unspecified atom stereocenters. The second-order valence-corrected chi connectivity index (χ2v) is 6.79. The van der Waals surface area contributed by atoms with Crippen LogP contribution in [0, 0.1) is 11.8 Å². The van der Waals surface area contributed by atoms with Crippen LogP contribution in [0.15, 0.2) is 18.2 Å². The van der Waals surface area contributed by atoms with Gasteiger partial charge in [-0.25, -0.2) is 0 Å². The zero-order valence-electron chi connectivity index (χ0n) is 12.0. The lowest BCUT2D eigenvalue weighted by molar-refractivity contribution is -0.132. The molecule has 0 aliphatic carbocycles. The lowest BCUT2D eigenvalue weighted by atomic mass is 9.86. The number of rotatable bonds is 3. The molecule has 2 nitrogen and oxygen atoms in total. The fourth-order valence-corrected chi connectivity index (χ4v) is 3.39. The van der Waals surface area contributed by atoms with E-state index < -0.39 is 0 Å². The van der Waals surface area contributed by atoms with Crippen LogP contribution in [0.25, 0.3) is 0 Å². The van der Waals surface area contributed by atoms with E-state index in [9.17, 15) is 4.79 Å². The average molecular weight is 314 g/mol. The molecule has 0 saturated carbocycles. The van der Waals surface area contributed by atoms with Crippen molar-refractivity contribution in [2.75, 3.05) is 13.1 Å². The molecule has 0 radical (unpaired) electrons. The molecule has 1 aromatic rings. The van der Waals surface area contributed by atoms with E-state index in [4.69, 9.17) is 23.2 Å². The SMILES string of the molecule is CC(C)C1CCN(C(=O)Cc2cc(Cl)cc(Cl)c2)CC1. The van der Waals surface area contributed by atoms with Crippen LogP contribution in [0.5, 0.6) is 0 Å². The van der Waals surface area contributed by atoms with Gasteiger partial charge >= 0.3 is 0 Å². The van der Waals surface area contributed by atoms with E-state index in [1.54, 1.807) is 6.07 Å². The standard InChI is InChI=1S/C16H21Cl2NO/c1-11(2)13-3-5-19(6-4-13)16(20)9-12-7-14(17)10-15(18)8-12/h7-8,10-11,13H,3-6,9H2,1-2H3. The Morgan fingerprint density at radius 2 is 1.75 bits per heavy atom. The van der Waals surface area contributed by atoms with Crippen LogP contribution < -0.4 is 0 Å². The van der Waals surface area contributed by atoms with Gasteiger partial charge in [0.2, 0.25) is 5.91 Å². The van der Waals surface area contributed by atoms with Crippen LogP contribution in [0.2, 0.25) is 10.0 Å². The zero-order chi connectivity index (χ0) is 14.7. The third-order valence-electron chi connectivity index (χ3n) is 4.11. The summed E-state index contributed by atoms with van der Waals surface area (Å²) in [5.41, 5.74) is 0.887. The van der Waals surface area contributed by atoms with Crippen molar-refractivity contribution in [2.24, 2.45) is 11.8 Å². The van der Waals surface area contributed by atoms with Gasteiger partial charge in [-0.15, -0.1) is 0 Å². The summed E-state index contributed by atoms with van der Waals surface area (Å²) in [5, 5.41) is 1.16. The third kappa shape index (κ3) is 4.13. The van der Waals surface area contributed by atoms with Crippen molar-refractivity contribution < 1.29 is 4.79 Å². The predicted octanol–water partition coefficient (Wildman–Crippen LogP) is 4.43. The number of nitrogens with zero attached hydrogens (tertiary/aromatic N) is 1. The summed E-state index contributed by atoms with van der Waals surface area (Å²) in [6.07, 6.45) is 2.60. The summed E-state index contributed by atoms with van der Waals surface area (Å²) >= 11 is 11.9. The number of carbonyl (C=O) groups excluding carboxylic acids is 1. The van der Waals surface area contributed by atoms with Gasteiger partial charge in [0.05, 0.1) is 6.42 Å². The van der Waals surface area contributed by atoms with Crippen molar-refractivity contribution in [1.29, 1.82) is 0 Å². The quantitative estimate of drug-likeness (QED) is 0.808. The fourth-order valence-electron chi connectivity index (χ4n) is 2.81. The smallest absolute Gasteiger partial charge is 0.226 e. The maximum Gasteiger partial charge on any atom is 0.226 e. The largest absolute Gasteiger partial charge is 0.342 e. The first-order valence-electron chi connectivity index (χ1n) is 7.18. The Kier molecular flexibility index (Phi) is 5.34. The number of likely N-dealkylation sites (tertiary alicyclic amines) is 1. The molecule has 0 spiro atoms. The fraction of sp³-hybridized carbons (Fsp3) is 0.562. The van der Waals surface area contributed by atoms with Crippen LogP contribution in [-0.4, -0.2) is 23.9 Å². The van der Waals surface area contributed by atoms with Crippen molar-refractivity contribution in [3.8, 4) is 0 Å². The number of amides is 1. The first-order chi connectivity index (χ1) is 9.45. The van der Waals surface area contributed by atoms with E-state index in [1.165, 1.54) is 0 Å². The van der Waals surface area contributed by atoms with E-state index >= 15 is 0 Å². The van der Waals surface area contributed by atoms with Crippen LogP contribution >= 0.6 is 23.2 Å². The summed E-state index contributed by atoms with van der Waals surface area (Å²) in [7, 11) is 0. The molecule has 0 N–H and O–H groups in total. The highest BCUT2D eigenvalue weighted by molar-refractivity contribution is 6.34. The number of hydrogen-bond acceptors (Lipinski definition) is 1. The summed E-state index contributed by atoms with van der Waals surface area (Å²) < 4.78 is 0. The summed E-state index contributed by atoms with van der Waals surface area (Å²) in [5.74, 6) is 1.63. The number of carbonyl (C=O) groups is 1. The summed E-state index contributed by atoms with van der Waals surface area (Å²) in [6, 6.07) is 5.31. The molecule has 1 aromatic carbocycles. The minimum absolute atomic E-state index is 0.172. The minimum Gasteiger partial charge on any atom is -0.342 e. The zero-order valence-corrected chi connectivity index (χ0v) is 13.5. The Labute approximate surface area is 131 Å². The molecule has 1 saturated heterocycles. The first kappa shape index (κ1) is 15.7. The highest BCUT2D eigenvalue weighted by atomic mass is 35.5. The molecule has 1 amide bonds. The van der Waals surface area contributed by atoms with E-state index in [1.807, 2.05) is 17.0 Å². The number of piperidine rings is 1. The third-order valence-corrected chi connectivity index (χ3v) is 4.55. The Morgan fingerprint density at radius 1 is 1.20 bits per heavy atom. The molecule has 4 heteroatoms. The summed E-state index contributed by atoms with van der Waals surface area (Å²) in [4.78, 5) is 14.3. The van der Waals surface area contributed by atoms with Gasteiger partial charge in [-0.2, -0.15) is 0 Å². The van der Waals surface area contributed by atoms with Crippen LogP contribution in [0.3, 0.4) is 0 Å². The normalized spacial score (nSPS) is 16.8. The molecular weight excluding hydrogens is 293 g/mol. The van der Waals surface area contributed by atoms with Crippen molar-refractivity contribution in [3.05, 3.63) is 33.8 Å². The van der Waals surface area contributed by atoms with Gasteiger partial charge in [0, 0.05) is 23.1 Å². The average Bonchev–Trinajstić information content (AvgIpc) is 2.37. The molecule has 0 atom stereocenters. The number of benzene rings is 1. The highest BCUT2D eigenvalue weighted by Crippen LogP contribution is 2.25. The van der Waals surface area contributed by atoms with Crippen molar-refractivity contribution >= 4 is 29.1 Å². The molecule has 1 fully saturated rings. The number of hydrogen-bond donors (Lipinski definition) is 0. The Morgan fingerprint density at radius 3 is 2.25 bits per heavy atom. The van der Waals surface area contributed by atoms with Crippen LogP contribution in [0.4, 0.5) is 0 Å². The molecule has 0 bridgehead atoms. The maximum atomic E-state index is 12.3. The Bertz CT molecular complexity index is 459.